The van der Waals surface area contributed by atoms with Crippen molar-refractivity contribution in [2.75, 3.05) is 6.61 Å². The van der Waals surface area contributed by atoms with Crippen LogP contribution in [0.1, 0.15) is 78.6 Å². The van der Waals surface area contributed by atoms with Crippen LogP contribution in [0.5, 0.6) is 0 Å². The van der Waals surface area contributed by atoms with Crippen LogP contribution in [0.3, 0.4) is 0 Å². The van der Waals surface area contributed by atoms with Crippen molar-refractivity contribution in [1.82, 2.24) is 0 Å². The number of hydrogen-bond donors (Lipinski definition) is 0. The Kier molecular flexibility index (Phi) is 11.6. The molecule has 0 fully saturated rings. The number of carbonyl (C=O) groups excluding carboxylic acids is 1. The summed E-state index contributed by atoms with van der Waals surface area (Å²) in [6.07, 6.45) is 9.91. The molecule has 0 amide bonds. The van der Waals surface area contributed by atoms with Gasteiger partial charge in [-0.15, -0.1) is 0 Å². The van der Waals surface area contributed by atoms with Gasteiger partial charge in [0.15, 0.2) is 0 Å². The van der Waals surface area contributed by atoms with Gasteiger partial charge in [0.05, 0.1) is 6.61 Å². The monoisotopic (exact) mass is 242 g/mol. The predicted octanol–water partition coefficient (Wildman–Crippen LogP) is 4.72. The highest BCUT2D eigenvalue weighted by molar-refractivity contribution is 5.69. The van der Waals surface area contributed by atoms with Crippen LogP contribution < -0.4 is 0 Å². The number of unbranched alkanes of at least 4 members (excludes halogenated alkanes) is 3. The first-order chi connectivity index (χ1) is 8.20. The lowest BCUT2D eigenvalue weighted by molar-refractivity contribution is -0.143. The average molecular weight is 242 g/mol. The minimum Gasteiger partial charge on any atom is -0.466 e. The molecule has 0 aliphatic carbocycles. The summed E-state index contributed by atoms with van der Waals surface area (Å²) in [6, 6.07) is 0. The molecule has 0 saturated heterocycles. The number of hydrogen-bond acceptors (Lipinski definition) is 2. The van der Waals surface area contributed by atoms with Crippen molar-refractivity contribution in [3.05, 3.63) is 0 Å². The maximum absolute atomic E-state index is 11.4. The Morgan fingerprint density at radius 2 is 1.76 bits per heavy atom. The van der Waals surface area contributed by atoms with E-state index >= 15 is 0 Å². The molecule has 0 spiro atoms. The number of esters is 1. The molecule has 0 rings (SSSR count). The summed E-state index contributed by atoms with van der Waals surface area (Å²) in [5, 5.41) is 0. The molecule has 1 unspecified atom stereocenters. The molecule has 0 heterocycles. The van der Waals surface area contributed by atoms with Crippen LogP contribution in [0.15, 0.2) is 0 Å². The van der Waals surface area contributed by atoms with Crippen LogP contribution in [-0.2, 0) is 9.53 Å². The van der Waals surface area contributed by atoms with Crippen LogP contribution in [0.2, 0.25) is 0 Å². The summed E-state index contributed by atoms with van der Waals surface area (Å²) in [4.78, 5) is 11.4. The molecule has 0 aromatic carbocycles. The summed E-state index contributed by atoms with van der Waals surface area (Å²) < 4.78 is 5.19. The molecule has 1 atom stereocenters. The van der Waals surface area contributed by atoms with E-state index in [0.29, 0.717) is 13.0 Å². The molecule has 102 valence electrons. The van der Waals surface area contributed by atoms with E-state index in [2.05, 4.69) is 20.8 Å². The fourth-order valence-corrected chi connectivity index (χ4v) is 2.02. The van der Waals surface area contributed by atoms with E-state index in [1.165, 1.54) is 32.1 Å². The summed E-state index contributed by atoms with van der Waals surface area (Å²) in [7, 11) is 0. The minimum atomic E-state index is -0.00908. The Hall–Kier alpha value is -0.530. The van der Waals surface area contributed by atoms with E-state index in [1.54, 1.807) is 0 Å². The third kappa shape index (κ3) is 11.7. The lowest BCUT2D eigenvalue weighted by Gasteiger charge is -2.09. The topological polar surface area (TPSA) is 26.3 Å². The highest BCUT2D eigenvalue weighted by Gasteiger charge is 2.05. The largest absolute Gasteiger partial charge is 0.466 e. The van der Waals surface area contributed by atoms with Crippen molar-refractivity contribution >= 4 is 5.97 Å². The third-order valence-electron chi connectivity index (χ3n) is 3.12. The van der Waals surface area contributed by atoms with Crippen molar-refractivity contribution in [2.24, 2.45) is 5.92 Å². The van der Waals surface area contributed by atoms with Crippen molar-refractivity contribution in [3.8, 4) is 0 Å². The van der Waals surface area contributed by atoms with Crippen LogP contribution >= 0.6 is 0 Å². The standard InChI is InChI=1S/C15H30O2/c1-4-6-7-8-13-17-15(16)12-9-11-14(3)10-5-2/h14H,4-13H2,1-3H3. The Labute approximate surface area is 107 Å². The number of rotatable bonds is 11. The van der Waals surface area contributed by atoms with Crippen molar-refractivity contribution < 1.29 is 9.53 Å². The number of ether oxygens (including phenoxy) is 1. The van der Waals surface area contributed by atoms with Crippen LogP contribution in [0, 0.1) is 5.92 Å². The predicted molar refractivity (Wildman–Crippen MR) is 73.0 cm³/mol. The molecule has 0 saturated carbocycles. The van der Waals surface area contributed by atoms with Crippen molar-refractivity contribution in [3.63, 3.8) is 0 Å². The maximum atomic E-state index is 11.4. The maximum Gasteiger partial charge on any atom is 0.305 e. The van der Waals surface area contributed by atoms with E-state index in [4.69, 9.17) is 4.74 Å². The first-order valence-electron chi connectivity index (χ1n) is 7.36. The normalized spacial score (nSPS) is 12.4. The fraction of sp³-hybridized carbons (Fsp3) is 0.933. The highest BCUT2D eigenvalue weighted by Crippen LogP contribution is 2.13. The molecule has 0 aromatic heterocycles. The zero-order valence-corrected chi connectivity index (χ0v) is 12.0. The molecular formula is C15H30O2. The minimum absolute atomic E-state index is 0.00908. The van der Waals surface area contributed by atoms with Gasteiger partial charge in [-0.2, -0.15) is 0 Å². The van der Waals surface area contributed by atoms with E-state index in [1.807, 2.05) is 0 Å². The fourth-order valence-electron chi connectivity index (χ4n) is 2.02. The highest BCUT2D eigenvalue weighted by atomic mass is 16.5. The molecule has 0 aliphatic heterocycles. The van der Waals surface area contributed by atoms with Crippen molar-refractivity contribution in [2.45, 2.75) is 78.6 Å². The Bertz CT molecular complexity index is 178. The average Bonchev–Trinajstić information content (AvgIpc) is 2.29. The molecule has 0 aromatic rings. The second kappa shape index (κ2) is 11.9. The summed E-state index contributed by atoms with van der Waals surface area (Å²) in [6.45, 7) is 7.27. The molecule has 2 nitrogen and oxygen atoms in total. The van der Waals surface area contributed by atoms with Crippen molar-refractivity contribution in [1.29, 1.82) is 0 Å². The Morgan fingerprint density at radius 3 is 2.41 bits per heavy atom. The molecule has 0 N–H and O–H groups in total. The van der Waals surface area contributed by atoms with Gasteiger partial charge in [0.2, 0.25) is 0 Å². The zero-order chi connectivity index (χ0) is 12.9. The lowest BCUT2D eigenvalue weighted by atomic mass is 9.99. The summed E-state index contributed by atoms with van der Waals surface area (Å²) in [5.41, 5.74) is 0. The van der Waals surface area contributed by atoms with Crippen LogP contribution in [0.4, 0.5) is 0 Å². The van der Waals surface area contributed by atoms with E-state index in [9.17, 15) is 4.79 Å². The SMILES string of the molecule is CCCCCCOC(=O)CCCC(C)CCC. The second-order valence-corrected chi connectivity index (χ2v) is 5.07. The Morgan fingerprint density at radius 1 is 1.00 bits per heavy atom. The number of carbonyl (C=O) groups is 1. The first kappa shape index (κ1) is 16.5. The summed E-state index contributed by atoms with van der Waals surface area (Å²) in [5.74, 6) is 0.738. The molecular weight excluding hydrogens is 212 g/mol. The van der Waals surface area contributed by atoms with Gasteiger partial charge >= 0.3 is 5.97 Å². The van der Waals surface area contributed by atoms with Gasteiger partial charge < -0.3 is 4.74 Å². The van der Waals surface area contributed by atoms with E-state index in [0.717, 1.165) is 25.2 Å². The molecule has 2 heteroatoms. The first-order valence-corrected chi connectivity index (χ1v) is 7.36. The van der Waals surface area contributed by atoms with E-state index < -0.39 is 0 Å². The molecule has 17 heavy (non-hydrogen) atoms. The smallest absolute Gasteiger partial charge is 0.305 e. The van der Waals surface area contributed by atoms with Gasteiger partial charge in [0.1, 0.15) is 0 Å². The lowest BCUT2D eigenvalue weighted by Crippen LogP contribution is -2.06. The van der Waals surface area contributed by atoms with Gasteiger partial charge in [-0.3, -0.25) is 4.79 Å². The van der Waals surface area contributed by atoms with Gasteiger partial charge in [0.25, 0.3) is 0 Å². The van der Waals surface area contributed by atoms with Crippen LogP contribution in [0.25, 0.3) is 0 Å². The van der Waals surface area contributed by atoms with Gasteiger partial charge in [0, 0.05) is 6.42 Å². The van der Waals surface area contributed by atoms with Gasteiger partial charge in [-0.1, -0.05) is 59.3 Å². The van der Waals surface area contributed by atoms with E-state index in [-0.39, 0.29) is 5.97 Å². The van der Waals surface area contributed by atoms with Gasteiger partial charge in [-0.25, -0.2) is 0 Å². The molecule has 0 aliphatic rings. The van der Waals surface area contributed by atoms with Crippen LogP contribution in [-0.4, -0.2) is 12.6 Å². The quantitative estimate of drug-likeness (QED) is 0.387. The second-order valence-electron chi connectivity index (χ2n) is 5.07. The molecule has 0 radical (unpaired) electrons. The summed E-state index contributed by atoms with van der Waals surface area (Å²) >= 11 is 0. The third-order valence-corrected chi connectivity index (χ3v) is 3.12. The zero-order valence-electron chi connectivity index (χ0n) is 12.0. The molecule has 0 bridgehead atoms. The Balaban J connectivity index is 3.28. The van der Waals surface area contributed by atoms with Gasteiger partial charge in [-0.05, 0) is 18.8 Å².